The average molecular weight is 243 g/mol. The summed E-state index contributed by atoms with van der Waals surface area (Å²) in [4.78, 5) is 0.921. The molecule has 2 N–H and O–H groups in total. The second-order valence-corrected chi connectivity index (χ2v) is 4.28. The monoisotopic (exact) mass is 242 g/mol. The van der Waals surface area contributed by atoms with Gasteiger partial charge in [-0.05, 0) is 29.7 Å². The Hall–Kier alpha value is -0.970. The minimum absolute atomic E-state index is 0.106. The minimum Gasteiger partial charge on any atom is -0.326 e. The van der Waals surface area contributed by atoms with Crippen molar-refractivity contribution in [2.75, 3.05) is 0 Å². The van der Waals surface area contributed by atoms with Crippen molar-refractivity contribution < 1.29 is 4.39 Å². The highest BCUT2D eigenvalue weighted by Gasteiger charge is 2.11. The molecule has 0 atom stereocenters. The predicted octanol–water partition coefficient (Wildman–Crippen LogP) is 3.06. The number of nitrogens with two attached hydrogens (primary N) is 1. The summed E-state index contributed by atoms with van der Waals surface area (Å²) < 4.78 is 17.7. The first kappa shape index (κ1) is 10.5. The summed E-state index contributed by atoms with van der Waals surface area (Å²) in [5.74, 6) is -0.437. The van der Waals surface area contributed by atoms with Crippen molar-refractivity contribution in [3.63, 3.8) is 0 Å². The molecule has 0 radical (unpaired) electrons. The van der Waals surface area contributed by atoms with E-state index >= 15 is 0 Å². The van der Waals surface area contributed by atoms with Crippen LogP contribution in [0.25, 0.3) is 11.3 Å². The third kappa shape index (κ3) is 2.02. The number of rotatable bonds is 2. The van der Waals surface area contributed by atoms with E-state index in [1.54, 1.807) is 18.2 Å². The molecular weight excluding hydrogens is 235 g/mol. The van der Waals surface area contributed by atoms with Gasteiger partial charge in [0.1, 0.15) is 0 Å². The Bertz CT molecular complexity index is 484. The zero-order valence-electron chi connectivity index (χ0n) is 7.71. The first-order valence-electron chi connectivity index (χ1n) is 4.32. The molecule has 0 saturated heterocycles. The van der Waals surface area contributed by atoms with E-state index in [2.05, 4.69) is 4.37 Å². The molecular formula is C10H8ClFN2S. The first-order chi connectivity index (χ1) is 7.22. The number of benzene rings is 1. The molecule has 2 nitrogen and oxygen atoms in total. The molecule has 0 aliphatic carbocycles. The smallest absolute Gasteiger partial charge is 0.151 e. The van der Waals surface area contributed by atoms with Crippen LogP contribution in [0.2, 0.25) is 5.02 Å². The lowest BCUT2D eigenvalue weighted by molar-refractivity contribution is 0.631. The second kappa shape index (κ2) is 4.26. The Morgan fingerprint density at radius 2 is 2.27 bits per heavy atom. The summed E-state index contributed by atoms with van der Waals surface area (Å²) in [5.41, 5.74) is 6.46. The van der Waals surface area contributed by atoms with Crippen molar-refractivity contribution in [3.8, 4) is 11.3 Å². The molecule has 0 amide bonds. The maximum atomic E-state index is 13.6. The maximum Gasteiger partial charge on any atom is 0.151 e. The summed E-state index contributed by atoms with van der Waals surface area (Å²) in [6, 6.07) is 6.63. The van der Waals surface area contributed by atoms with Crippen molar-refractivity contribution in [1.29, 1.82) is 0 Å². The van der Waals surface area contributed by atoms with Crippen LogP contribution in [0.3, 0.4) is 0 Å². The molecule has 0 unspecified atom stereocenters. The van der Waals surface area contributed by atoms with Crippen molar-refractivity contribution in [2.45, 2.75) is 6.54 Å². The van der Waals surface area contributed by atoms with Gasteiger partial charge in [0.2, 0.25) is 0 Å². The van der Waals surface area contributed by atoms with Gasteiger partial charge in [-0.1, -0.05) is 17.7 Å². The van der Waals surface area contributed by atoms with E-state index in [1.807, 2.05) is 0 Å². The van der Waals surface area contributed by atoms with E-state index in [-0.39, 0.29) is 5.02 Å². The summed E-state index contributed by atoms with van der Waals surface area (Å²) in [6.07, 6.45) is 0. The van der Waals surface area contributed by atoms with Gasteiger partial charge < -0.3 is 5.73 Å². The summed E-state index contributed by atoms with van der Waals surface area (Å²) in [6.45, 7) is 0.417. The number of hydrogen-bond acceptors (Lipinski definition) is 3. The molecule has 0 bridgehead atoms. The Labute approximate surface area is 95.7 Å². The second-order valence-electron chi connectivity index (χ2n) is 2.98. The lowest BCUT2D eigenvalue weighted by Crippen LogP contribution is -1.91. The highest BCUT2D eigenvalue weighted by Crippen LogP contribution is 2.28. The van der Waals surface area contributed by atoms with E-state index in [9.17, 15) is 4.39 Å². The Balaban J connectivity index is 2.49. The van der Waals surface area contributed by atoms with E-state index in [0.717, 1.165) is 4.88 Å². The van der Waals surface area contributed by atoms with Gasteiger partial charge in [-0.15, -0.1) is 0 Å². The molecule has 1 aromatic heterocycles. The molecule has 5 heteroatoms. The average Bonchev–Trinajstić information content (AvgIpc) is 2.70. The summed E-state index contributed by atoms with van der Waals surface area (Å²) >= 11 is 6.95. The van der Waals surface area contributed by atoms with Gasteiger partial charge in [0.15, 0.2) is 5.82 Å². The third-order valence-electron chi connectivity index (χ3n) is 1.99. The van der Waals surface area contributed by atoms with Crippen molar-refractivity contribution in [2.24, 2.45) is 5.73 Å². The molecule has 2 aromatic rings. The fourth-order valence-electron chi connectivity index (χ4n) is 1.24. The molecule has 2 rings (SSSR count). The van der Waals surface area contributed by atoms with Gasteiger partial charge in [0.25, 0.3) is 0 Å². The van der Waals surface area contributed by atoms with Gasteiger partial charge in [-0.25, -0.2) is 4.39 Å². The van der Waals surface area contributed by atoms with Gasteiger partial charge in [-0.2, -0.15) is 4.37 Å². The van der Waals surface area contributed by atoms with Crippen LogP contribution in [0.1, 0.15) is 4.88 Å². The van der Waals surface area contributed by atoms with Gasteiger partial charge >= 0.3 is 0 Å². The third-order valence-corrected chi connectivity index (χ3v) is 3.09. The van der Waals surface area contributed by atoms with E-state index < -0.39 is 5.82 Å². The van der Waals surface area contributed by atoms with Gasteiger partial charge in [0.05, 0.1) is 10.7 Å². The van der Waals surface area contributed by atoms with Crippen molar-refractivity contribution in [3.05, 3.63) is 40.0 Å². The normalized spacial score (nSPS) is 10.6. The Kier molecular flexibility index (Phi) is 3.00. The van der Waals surface area contributed by atoms with Crippen LogP contribution >= 0.6 is 23.1 Å². The van der Waals surface area contributed by atoms with E-state index in [4.69, 9.17) is 17.3 Å². The molecule has 0 aliphatic rings. The highest BCUT2D eigenvalue weighted by atomic mass is 35.5. The van der Waals surface area contributed by atoms with Crippen LogP contribution in [-0.4, -0.2) is 4.37 Å². The first-order valence-corrected chi connectivity index (χ1v) is 5.47. The molecule has 0 fully saturated rings. The fourth-order valence-corrected chi connectivity index (χ4v) is 2.02. The van der Waals surface area contributed by atoms with Crippen LogP contribution in [0.15, 0.2) is 24.3 Å². The molecule has 15 heavy (non-hydrogen) atoms. The zero-order valence-corrected chi connectivity index (χ0v) is 9.28. The largest absolute Gasteiger partial charge is 0.326 e. The lowest BCUT2D eigenvalue weighted by Gasteiger charge is -1.99. The van der Waals surface area contributed by atoms with Gasteiger partial charge in [-0.3, -0.25) is 0 Å². The molecule has 0 saturated carbocycles. The number of aromatic nitrogens is 1. The van der Waals surface area contributed by atoms with Crippen LogP contribution in [0.5, 0.6) is 0 Å². The van der Waals surface area contributed by atoms with Crippen LogP contribution in [-0.2, 0) is 6.54 Å². The van der Waals surface area contributed by atoms with Crippen LogP contribution in [0.4, 0.5) is 4.39 Å². The number of hydrogen-bond donors (Lipinski definition) is 1. The predicted molar refractivity (Wildman–Crippen MR) is 60.4 cm³/mol. The molecule has 0 aliphatic heterocycles. The SMILES string of the molecule is NCc1cc(-c2cccc(Cl)c2F)ns1. The van der Waals surface area contributed by atoms with Crippen molar-refractivity contribution >= 4 is 23.1 Å². The molecule has 1 aromatic carbocycles. The summed E-state index contributed by atoms with van der Waals surface area (Å²) in [7, 11) is 0. The van der Waals surface area contributed by atoms with Crippen LogP contribution in [0, 0.1) is 5.82 Å². The molecule has 78 valence electrons. The maximum absolute atomic E-state index is 13.6. The van der Waals surface area contributed by atoms with E-state index in [1.165, 1.54) is 17.6 Å². The van der Waals surface area contributed by atoms with E-state index in [0.29, 0.717) is 17.8 Å². The quantitative estimate of drug-likeness (QED) is 0.879. The standard InChI is InChI=1S/C10H8ClFN2S/c11-8-3-1-2-7(10(8)12)9-4-6(5-13)15-14-9/h1-4H,5,13H2. The molecule has 1 heterocycles. The zero-order chi connectivity index (χ0) is 10.8. The Morgan fingerprint density at radius 1 is 1.47 bits per heavy atom. The minimum atomic E-state index is -0.437. The summed E-state index contributed by atoms with van der Waals surface area (Å²) in [5, 5.41) is 0.106. The van der Waals surface area contributed by atoms with Crippen molar-refractivity contribution in [1.82, 2.24) is 4.37 Å². The topological polar surface area (TPSA) is 38.9 Å². The number of nitrogens with zero attached hydrogens (tertiary/aromatic N) is 1. The number of halogens is 2. The Morgan fingerprint density at radius 3 is 2.93 bits per heavy atom. The highest BCUT2D eigenvalue weighted by molar-refractivity contribution is 7.06. The van der Waals surface area contributed by atoms with Gasteiger partial charge in [0, 0.05) is 17.0 Å². The van der Waals surface area contributed by atoms with Crippen LogP contribution < -0.4 is 5.73 Å². The lowest BCUT2D eigenvalue weighted by atomic mass is 10.1. The molecule has 0 spiro atoms. The fraction of sp³-hybridized carbons (Fsp3) is 0.100.